The molecule has 1 aliphatic carbocycles. The second-order valence-corrected chi connectivity index (χ2v) is 11.0. The number of aromatic amines is 1. The molecule has 2 saturated heterocycles. The summed E-state index contributed by atoms with van der Waals surface area (Å²) in [4.78, 5) is 13.4. The summed E-state index contributed by atoms with van der Waals surface area (Å²) in [6.07, 6.45) is 11.4. The first-order chi connectivity index (χ1) is 18.2. The highest BCUT2D eigenvalue weighted by Crippen LogP contribution is 2.36. The SMILES string of the molecule is Cn1c([C@@H]2CCCN2)nc2c1CCCCc1cc(-c3ccc(-c4cnc([C@@H]5CCCN5)[nH]4)cc3)ccc1-2. The van der Waals surface area contributed by atoms with Gasteiger partial charge >= 0.3 is 0 Å². The molecule has 7 rings (SSSR count). The summed E-state index contributed by atoms with van der Waals surface area (Å²) in [5.41, 5.74) is 10.1. The zero-order valence-electron chi connectivity index (χ0n) is 21.7. The standard InChI is InChI=1S/C31H36N6/c1-37-28-9-3-2-6-23-18-22(14-15-24(23)29(28)36-31(37)26-8-5-17-33-26)20-10-12-21(13-11-20)27-19-34-30(35-27)25-7-4-16-32-25/h10-15,18-19,25-26,32-33H,2-9,16-17H2,1H3,(H,34,35)/t25-,26-/m0/s1. The van der Waals surface area contributed by atoms with E-state index in [1.165, 1.54) is 77.1 Å². The fraction of sp³-hybridized carbons (Fsp3) is 0.419. The Morgan fingerprint density at radius 3 is 2.32 bits per heavy atom. The minimum absolute atomic E-state index is 0.363. The molecule has 0 amide bonds. The van der Waals surface area contributed by atoms with Crippen LogP contribution in [0.2, 0.25) is 0 Å². The van der Waals surface area contributed by atoms with E-state index in [1.807, 2.05) is 6.20 Å². The summed E-state index contributed by atoms with van der Waals surface area (Å²) in [7, 11) is 2.21. The molecule has 0 unspecified atom stereocenters. The molecule has 0 bridgehead atoms. The van der Waals surface area contributed by atoms with Gasteiger partial charge in [-0.05, 0) is 86.7 Å². The van der Waals surface area contributed by atoms with Crippen molar-refractivity contribution in [2.75, 3.05) is 13.1 Å². The lowest BCUT2D eigenvalue weighted by Crippen LogP contribution is -2.17. The first-order valence-electron chi connectivity index (χ1n) is 14.1. The van der Waals surface area contributed by atoms with Crippen LogP contribution in [0.1, 0.15) is 73.5 Å². The van der Waals surface area contributed by atoms with Gasteiger partial charge in [0.25, 0.3) is 0 Å². The maximum atomic E-state index is 5.24. The van der Waals surface area contributed by atoms with Crippen LogP contribution >= 0.6 is 0 Å². The minimum Gasteiger partial charge on any atom is -0.341 e. The van der Waals surface area contributed by atoms with Crippen molar-refractivity contribution in [3.05, 3.63) is 71.6 Å². The first kappa shape index (κ1) is 22.9. The van der Waals surface area contributed by atoms with E-state index in [1.54, 1.807) is 0 Å². The number of nitrogens with one attached hydrogen (secondary N) is 3. The Morgan fingerprint density at radius 2 is 1.54 bits per heavy atom. The van der Waals surface area contributed by atoms with Crippen LogP contribution < -0.4 is 10.6 Å². The van der Waals surface area contributed by atoms with Crippen LogP contribution in [0, 0.1) is 0 Å². The van der Waals surface area contributed by atoms with Gasteiger partial charge in [0.05, 0.1) is 29.7 Å². The zero-order valence-corrected chi connectivity index (χ0v) is 21.7. The van der Waals surface area contributed by atoms with Crippen LogP contribution in [-0.2, 0) is 19.9 Å². The van der Waals surface area contributed by atoms with E-state index in [2.05, 4.69) is 74.7 Å². The van der Waals surface area contributed by atoms with E-state index in [-0.39, 0.29) is 0 Å². The van der Waals surface area contributed by atoms with Gasteiger partial charge in [-0.1, -0.05) is 42.5 Å². The number of rotatable bonds is 4. The summed E-state index contributed by atoms with van der Waals surface area (Å²) in [5, 5.41) is 7.17. The van der Waals surface area contributed by atoms with Crippen LogP contribution in [0.3, 0.4) is 0 Å². The monoisotopic (exact) mass is 492 g/mol. The molecule has 3 aliphatic rings. The maximum Gasteiger partial charge on any atom is 0.126 e. The number of fused-ring (bicyclic) bond motifs is 3. The Labute approximate surface area is 218 Å². The molecule has 4 heterocycles. The average Bonchev–Trinajstić information content (AvgIpc) is 3.73. The van der Waals surface area contributed by atoms with Crippen LogP contribution in [-0.4, -0.2) is 32.6 Å². The highest BCUT2D eigenvalue weighted by Gasteiger charge is 2.26. The molecular weight excluding hydrogens is 456 g/mol. The van der Waals surface area contributed by atoms with Crippen LogP contribution in [0.15, 0.2) is 48.7 Å². The molecule has 6 heteroatoms. The van der Waals surface area contributed by atoms with Gasteiger partial charge in [0.1, 0.15) is 11.6 Å². The summed E-state index contributed by atoms with van der Waals surface area (Å²) < 4.78 is 2.38. The Morgan fingerprint density at radius 1 is 0.811 bits per heavy atom. The Balaban J connectivity index is 1.18. The van der Waals surface area contributed by atoms with E-state index in [0.29, 0.717) is 12.1 Å². The average molecular weight is 493 g/mol. The summed E-state index contributed by atoms with van der Waals surface area (Å²) in [5.74, 6) is 2.26. The fourth-order valence-electron chi connectivity index (χ4n) is 6.51. The summed E-state index contributed by atoms with van der Waals surface area (Å²) in [6, 6.07) is 16.7. The van der Waals surface area contributed by atoms with Crippen LogP contribution in [0.25, 0.3) is 33.6 Å². The number of benzene rings is 2. The minimum atomic E-state index is 0.363. The third kappa shape index (κ3) is 4.22. The quantitative estimate of drug-likeness (QED) is 0.333. The number of imidazole rings is 2. The van der Waals surface area contributed by atoms with Crippen LogP contribution in [0.4, 0.5) is 0 Å². The molecule has 2 fully saturated rings. The number of nitrogens with zero attached hydrogens (tertiary/aromatic N) is 3. The smallest absolute Gasteiger partial charge is 0.126 e. The number of aryl methyl sites for hydroxylation is 1. The van der Waals surface area contributed by atoms with Crippen molar-refractivity contribution in [2.45, 2.75) is 63.5 Å². The first-order valence-corrected chi connectivity index (χ1v) is 14.1. The molecule has 2 aromatic heterocycles. The lowest BCUT2D eigenvalue weighted by Gasteiger charge is -2.16. The molecule has 0 saturated carbocycles. The van der Waals surface area contributed by atoms with E-state index in [9.17, 15) is 0 Å². The zero-order chi connectivity index (χ0) is 24.8. The molecule has 2 atom stereocenters. The molecule has 2 aromatic carbocycles. The molecule has 2 aliphatic heterocycles. The molecule has 37 heavy (non-hydrogen) atoms. The molecule has 3 N–H and O–H groups in total. The van der Waals surface area contributed by atoms with Crippen molar-refractivity contribution in [1.82, 2.24) is 30.2 Å². The summed E-state index contributed by atoms with van der Waals surface area (Å²) >= 11 is 0. The fourth-order valence-corrected chi connectivity index (χ4v) is 6.51. The van der Waals surface area contributed by atoms with Gasteiger partial charge in [0, 0.05) is 18.3 Å². The number of hydrogen-bond donors (Lipinski definition) is 3. The Bertz CT molecular complexity index is 1400. The van der Waals surface area contributed by atoms with Crippen molar-refractivity contribution in [3.8, 4) is 33.6 Å². The lowest BCUT2D eigenvalue weighted by atomic mass is 9.90. The van der Waals surface area contributed by atoms with Gasteiger partial charge in [-0.15, -0.1) is 0 Å². The Kier molecular flexibility index (Phi) is 5.94. The van der Waals surface area contributed by atoms with E-state index in [0.717, 1.165) is 43.9 Å². The molecule has 0 radical (unpaired) electrons. The third-order valence-electron chi connectivity index (χ3n) is 8.61. The van der Waals surface area contributed by atoms with Crippen molar-refractivity contribution >= 4 is 0 Å². The molecule has 4 aromatic rings. The van der Waals surface area contributed by atoms with E-state index >= 15 is 0 Å². The predicted molar refractivity (Wildman–Crippen MR) is 148 cm³/mol. The van der Waals surface area contributed by atoms with Gasteiger partial charge in [-0.2, -0.15) is 0 Å². The molecular formula is C31H36N6. The van der Waals surface area contributed by atoms with Crippen molar-refractivity contribution in [2.24, 2.45) is 7.05 Å². The molecule has 6 nitrogen and oxygen atoms in total. The van der Waals surface area contributed by atoms with Crippen molar-refractivity contribution in [3.63, 3.8) is 0 Å². The molecule has 190 valence electrons. The number of hydrogen-bond acceptors (Lipinski definition) is 4. The highest BCUT2D eigenvalue weighted by atomic mass is 15.1. The van der Waals surface area contributed by atoms with Gasteiger partial charge < -0.3 is 20.2 Å². The van der Waals surface area contributed by atoms with Gasteiger partial charge in [0.15, 0.2) is 0 Å². The third-order valence-corrected chi connectivity index (χ3v) is 8.61. The Hall–Kier alpha value is -3.22. The van der Waals surface area contributed by atoms with Gasteiger partial charge in [-0.25, -0.2) is 9.97 Å². The number of H-pyrrole nitrogens is 1. The lowest BCUT2D eigenvalue weighted by molar-refractivity contribution is 0.570. The highest BCUT2D eigenvalue weighted by molar-refractivity contribution is 5.75. The largest absolute Gasteiger partial charge is 0.341 e. The molecule has 0 spiro atoms. The second-order valence-electron chi connectivity index (χ2n) is 11.0. The summed E-state index contributed by atoms with van der Waals surface area (Å²) in [6.45, 7) is 2.18. The van der Waals surface area contributed by atoms with E-state index in [4.69, 9.17) is 4.98 Å². The predicted octanol–water partition coefficient (Wildman–Crippen LogP) is 5.87. The normalized spacial score (nSPS) is 21.4. The van der Waals surface area contributed by atoms with Crippen molar-refractivity contribution in [1.29, 1.82) is 0 Å². The van der Waals surface area contributed by atoms with E-state index < -0.39 is 0 Å². The van der Waals surface area contributed by atoms with Crippen LogP contribution in [0.5, 0.6) is 0 Å². The second kappa shape index (κ2) is 9.58. The van der Waals surface area contributed by atoms with Gasteiger partial charge in [0.2, 0.25) is 0 Å². The van der Waals surface area contributed by atoms with Crippen molar-refractivity contribution < 1.29 is 0 Å². The maximum absolute atomic E-state index is 5.24. The topological polar surface area (TPSA) is 70.6 Å². The number of aromatic nitrogens is 4. The van der Waals surface area contributed by atoms with Gasteiger partial charge in [-0.3, -0.25) is 0 Å².